The predicted molar refractivity (Wildman–Crippen MR) is 96.2 cm³/mol. The van der Waals surface area contributed by atoms with Crippen LogP contribution >= 0.6 is 0 Å². The normalized spacial score (nSPS) is 21.7. The van der Waals surface area contributed by atoms with Crippen LogP contribution in [0.1, 0.15) is 63.9 Å². The van der Waals surface area contributed by atoms with Crippen LogP contribution in [-0.2, 0) is 4.79 Å². The molecule has 0 radical (unpaired) electrons. The highest BCUT2D eigenvalue weighted by atomic mass is 16.2. The van der Waals surface area contributed by atoms with Gasteiger partial charge >= 0.3 is 0 Å². The Balaban J connectivity index is 1.75. The molecule has 1 aromatic heterocycles. The molecular weight excluding hydrogens is 300 g/mol. The van der Waals surface area contributed by atoms with Gasteiger partial charge in [-0.25, -0.2) is 9.97 Å². The average molecular weight is 330 g/mol. The average Bonchev–Trinajstić information content (AvgIpc) is 3.37. The molecule has 3 rings (SSSR count). The Labute approximate surface area is 145 Å². The van der Waals surface area contributed by atoms with Crippen molar-refractivity contribution in [3.63, 3.8) is 0 Å². The van der Waals surface area contributed by atoms with Gasteiger partial charge in [0.25, 0.3) is 0 Å². The van der Waals surface area contributed by atoms with E-state index >= 15 is 0 Å². The molecule has 1 unspecified atom stereocenters. The van der Waals surface area contributed by atoms with E-state index < -0.39 is 0 Å². The molecule has 1 saturated carbocycles. The van der Waals surface area contributed by atoms with Crippen molar-refractivity contribution in [1.29, 1.82) is 0 Å². The maximum Gasteiger partial charge on any atom is 0.227 e. The van der Waals surface area contributed by atoms with E-state index in [1.165, 1.54) is 12.8 Å². The van der Waals surface area contributed by atoms with Crippen molar-refractivity contribution in [2.45, 2.75) is 65.3 Å². The van der Waals surface area contributed by atoms with Crippen molar-refractivity contribution >= 4 is 11.7 Å². The van der Waals surface area contributed by atoms with Gasteiger partial charge in [0.2, 0.25) is 5.91 Å². The zero-order valence-corrected chi connectivity index (χ0v) is 15.7. The summed E-state index contributed by atoms with van der Waals surface area (Å²) in [5.74, 6) is 2.82. The molecule has 132 valence electrons. The highest BCUT2D eigenvalue weighted by Gasteiger charge is 2.33. The van der Waals surface area contributed by atoms with Crippen molar-refractivity contribution in [3.8, 4) is 0 Å². The van der Waals surface area contributed by atoms with Crippen molar-refractivity contribution in [2.75, 3.05) is 25.0 Å². The first-order valence-electron chi connectivity index (χ1n) is 9.13. The first-order chi connectivity index (χ1) is 11.3. The van der Waals surface area contributed by atoms with Crippen molar-refractivity contribution in [3.05, 3.63) is 17.6 Å². The van der Waals surface area contributed by atoms with Crippen LogP contribution in [0.5, 0.6) is 0 Å². The van der Waals surface area contributed by atoms with Crippen LogP contribution in [0.15, 0.2) is 6.07 Å². The number of nitrogens with zero attached hydrogens (tertiary/aromatic N) is 4. The number of piperidine rings is 1. The van der Waals surface area contributed by atoms with Gasteiger partial charge in [-0.15, -0.1) is 0 Å². The summed E-state index contributed by atoms with van der Waals surface area (Å²) >= 11 is 0. The quantitative estimate of drug-likeness (QED) is 0.854. The van der Waals surface area contributed by atoms with Gasteiger partial charge in [-0.1, -0.05) is 20.8 Å². The minimum atomic E-state index is -0.332. The molecule has 5 heteroatoms. The first-order valence-corrected chi connectivity index (χ1v) is 9.13. The molecule has 2 fully saturated rings. The molecule has 0 bridgehead atoms. The summed E-state index contributed by atoms with van der Waals surface area (Å²) in [6.45, 7) is 9.88. The Morgan fingerprint density at radius 1 is 1.25 bits per heavy atom. The highest BCUT2D eigenvalue weighted by Crippen LogP contribution is 2.38. The number of aryl methyl sites for hydroxylation is 1. The zero-order chi connectivity index (χ0) is 17.5. The molecule has 0 N–H and O–H groups in total. The maximum absolute atomic E-state index is 12.6. The largest absolute Gasteiger partial charge is 0.354 e. The fourth-order valence-corrected chi connectivity index (χ4v) is 3.43. The van der Waals surface area contributed by atoms with Gasteiger partial charge in [-0.05, 0) is 32.6 Å². The number of carbonyl (C=O) groups is 1. The second-order valence-corrected chi connectivity index (χ2v) is 8.41. The minimum absolute atomic E-state index is 0.215. The van der Waals surface area contributed by atoms with Gasteiger partial charge < -0.3 is 9.80 Å². The van der Waals surface area contributed by atoms with Crippen LogP contribution < -0.4 is 4.90 Å². The monoisotopic (exact) mass is 330 g/mol. The Kier molecular flexibility index (Phi) is 4.54. The second kappa shape index (κ2) is 6.34. The fourth-order valence-electron chi connectivity index (χ4n) is 3.43. The molecule has 1 aliphatic heterocycles. The SMILES string of the molecule is Cc1cc(N2CCCC(N(C)C(=O)C(C)(C)C)C2)nc(C2CC2)n1. The lowest BCUT2D eigenvalue weighted by Crippen LogP contribution is -2.51. The van der Waals surface area contributed by atoms with Gasteiger partial charge in [0, 0.05) is 49.3 Å². The van der Waals surface area contributed by atoms with E-state index in [1.807, 2.05) is 39.6 Å². The molecule has 1 aromatic rings. The van der Waals surface area contributed by atoms with Crippen molar-refractivity contribution in [1.82, 2.24) is 14.9 Å². The van der Waals surface area contributed by atoms with Crippen LogP contribution in [0, 0.1) is 12.3 Å². The van der Waals surface area contributed by atoms with Gasteiger partial charge in [0.05, 0.1) is 0 Å². The zero-order valence-electron chi connectivity index (χ0n) is 15.7. The van der Waals surface area contributed by atoms with Crippen LogP contribution in [0.4, 0.5) is 5.82 Å². The van der Waals surface area contributed by atoms with E-state index in [0.29, 0.717) is 5.92 Å². The number of hydrogen-bond donors (Lipinski definition) is 0. The van der Waals surface area contributed by atoms with Gasteiger partial charge in [-0.2, -0.15) is 0 Å². The number of hydrogen-bond acceptors (Lipinski definition) is 4. The molecule has 2 aliphatic rings. The second-order valence-electron chi connectivity index (χ2n) is 8.41. The lowest BCUT2D eigenvalue weighted by molar-refractivity contribution is -0.140. The molecule has 0 aromatic carbocycles. The third kappa shape index (κ3) is 3.70. The highest BCUT2D eigenvalue weighted by molar-refractivity contribution is 5.81. The van der Waals surface area contributed by atoms with E-state index in [0.717, 1.165) is 43.3 Å². The number of rotatable bonds is 3. The molecule has 1 saturated heterocycles. The van der Waals surface area contributed by atoms with E-state index in [1.54, 1.807) is 0 Å². The fraction of sp³-hybridized carbons (Fsp3) is 0.737. The Morgan fingerprint density at radius 3 is 2.58 bits per heavy atom. The number of aromatic nitrogens is 2. The number of carbonyl (C=O) groups excluding carboxylic acids is 1. The Hall–Kier alpha value is -1.65. The lowest BCUT2D eigenvalue weighted by Gasteiger charge is -2.40. The molecule has 0 spiro atoms. The maximum atomic E-state index is 12.6. The minimum Gasteiger partial charge on any atom is -0.354 e. The Morgan fingerprint density at radius 2 is 1.96 bits per heavy atom. The van der Waals surface area contributed by atoms with Crippen molar-refractivity contribution in [2.24, 2.45) is 5.41 Å². The Bertz CT molecular complexity index is 618. The summed E-state index contributed by atoms with van der Waals surface area (Å²) in [6, 6.07) is 2.34. The van der Waals surface area contributed by atoms with Gasteiger partial charge in [0.15, 0.2) is 0 Å². The molecule has 24 heavy (non-hydrogen) atoms. The smallest absolute Gasteiger partial charge is 0.227 e. The summed E-state index contributed by atoms with van der Waals surface area (Å²) in [6.07, 6.45) is 4.59. The van der Waals surface area contributed by atoms with Crippen molar-refractivity contribution < 1.29 is 4.79 Å². The molecule has 1 aliphatic carbocycles. The molecular formula is C19H30N4O. The lowest BCUT2D eigenvalue weighted by atomic mass is 9.93. The summed E-state index contributed by atoms with van der Waals surface area (Å²) in [7, 11) is 1.95. The van der Waals surface area contributed by atoms with Crippen LogP contribution in [0.3, 0.4) is 0 Å². The van der Waals surface area contributed by atoms with E-state index in [4.69, 9.17) is 4.98 Å². The van der Waals surface area contributed by atoms with Crippen LogP contribution in [0.25, 0.3) is 0 Å². The van der Waals surface area contributed by atoms with E-state index in [9.17, 15) is 4.79 Å². The molecule has 5 nitrogen and oxygen atoms in total. The standard InChI is InChI=1S/C19H30N4O/c1-13-11-16(21-17(20-13)14-8-9-14)23-10-6-7-15(12-23)22(5)18(24)19(2,3)4/h11,14-15H,6-10,12H2,1-5H3. The third-order valence-corrected chi connectivity index (χ3v) is 5.03. The summed E-state index contributed by atoms with van der Waals surface area (Å²) < 4.78 is 0. The van der Waals surface area contributed by atoms with Gasteiger partial charge in [0.1, 0.15) is 11.6 Å². The summed E-state index contributed by atoms with van der Waals surface area (Å²) in [5, 5.41) is 0. The first kappa shape index (κ1) is 17.2. The number of amides is 1. The van der Waals surface area contributed by atoms with E-state index in [2.05, 4.69) is 16.0 Å². The number of likely N-dealkylation sites (N-methyl/N-ethyl adjacent to an activating group) is 1. The van der Waals surface area contributed by atoms with E-state index in [-0.39, 0.29) is 17.4 Å². The third-order valence-electron chi connectivity index (χ3n) is 5.03. The molecule has 1 atom stereocenters. The van der Waals surface area contributed by atoms with Crippen LogP contribution in [-0.4, -0.2) is 47.0 Å². The topological polar surface area (TPSA) is 49.3 Å². The number of anilines is 1. The molecule has 1 amide bonds. The predicted octanol–water partition coefficient (Wildman–Crippen LogP) is 3.14. The van der Waals surface area contributed by atoms with Gasteiger partial charge in [-0.3, -0.25) is 4.79 Å². The van der Waals surface area contributed by atoms with Crippen LogP contribution in [0.2, 0.25) is 0 Å². The summed E-state index contributed by atoms with van der Waals surface area (Å²) in [4.78, 5) is 26.3. The molecule has 2 heterocycles. The summed E-state index contributed by atoms with van der Waals surface area (Å²) in [5.41, 5.74) is 0.713.